The Hall–Kier alpha value is -3.87. The molecular formula is C24H23N3O4. The molecule has 0 saturated heterocycles. The number of benzene rings is 2. The van der Waals surface area contributed by atoms with Gasteiger partial charge in [-0.2, -0.15) is 0 Å². The zero-order valence-electron chi connectivity index (χ0n) is 17.4. The molecule has 0 aliphatic heterocycles. The van der Waals surface area contributed by atoms with Crippen molar-refractivity contribution in [2.75, 3.05) is 7.11 Å². The van der Waals surface area contributed by atoms with Gasteiger partial charge in [0.2, 0.25) is 0 Å². The summed E-state index contributed by atoms with van der Waals surface area (Å²) in [4.78, 5) is 16.7. The Morgan fingerprint density at radius 3 is 2.55 bits per heavy atom. The zero-order chi connectivity index (χ0) is 21.6. The molecule has 0 spiro atoms. The van der Waals surface area contributed by atoms with Gasteiger partial charge in [-0.15, -0.1) is 0 Å². The summed E-state index contributed by atoms with van der Waals surface area (Å²) in [7, 11) is 1.64. The van der Waals surface area contributed by atoms with Gasteiger partial charge < -0.3 is 19.3 Å². The highest BCUT2D eigenvalue weighted by Gasteiger charge is 2.16. The van der Waals surface area contributed by atoms with Gasteiger partial charge in [0.15, 0.2) is 11.5 Å². The fourth-order valence-electron chi connectivity index (χ4n) is 3.37. The highest BCUT2D eigenvalue weighted by Crippen LogP contribution is 2.33. The van der Waals surface area contributed by atoms with Gasteiger partial charge in [0.05, 0.1) is 7.11 Å². The summed E-state index contributed by atoms with van der Waals surface area (Å²) in [6, 6.07) is 18.8. The number of carbonyl (C=O) groups is 1. The molecule has 2 heterocycles. The van der Waals surface area contributed by atoms with Crippen LogP contribution in [0.25, 0.3) is 10.8 Å². The lowest BCUT2D eigenvalue weighted by molar-refractivity contribution is 0.0930. The lowest BCUT2D eigenvalue weighted by atomic mass is 10.1. The van der Waals surface area contributed by atoms with Crippen molar-refractivity contribution in [1.82, 2.24) is 15.5 Å². The molecule has 1 amide bonds. The smallest absolute Gasteiger partial charge is 0.273 e. The van der Waals surface area contributed by atoms with E-state index in [0.29, 0.717) is 17.9 Å². The average molecular weight is 417 g/mol. The first-order chi connectivity index (χ1) is 15.1. The molecular weight excluding hydrogens is 394 g/mol. The Morgan fingerprint density at radius 2 is 1.81 bits per heavy atom. The molecule has 2 aromatic heterocycles. The van der Waals surface area contributed by atoms with Crippen LogP contribution in [-0.2, 0) is 13.0 Å². The SMILES string of the molecule is COc1ccc(OCc2cc(C(=O)N[C@@H](C)Cc3ccccn3)no2)c2ccccc12. The maximum absolute atomic E-state index is 12.5. The number of aromatic nitrogens is 2. The molecule has 0 fully saturated rings. The summed E-state index contributed by atoms with van der Waals surface area (Å²) in [5.74, 6) is 1.64. The number of pyridine rings is 1. The number of amides is 1. The average Bonchev–Trinajstić information content (AvgIpc) is 3.27. The van der Waals surface area contributed by atoms with Crippen LogP contribution in [0.3, 0.4) is 0 Å². The third-order valence-corrected chi connectivity index (χ3v) is 4.84. The quantitative estimate of drug-likeness (QED) is 0.463. The van der Waals surface area contributed by atoms with E-state index in [1.807, 2.05) is 61.5 Å². The number of ether oxygens (including phenoxy) is 2. The monoisotopic (exact) mass is 417 g/mol. The molecule has 0 unspecified atom stereocenters. The summed E-state index contributed by atoms with van der Waals surface area (Å²) >= 11 is 0. The second-order valence-corrected chi connectivity index (χ2v) is 7.18. The first-order valence-corrected chi connectivity index (χ1v) is 9.99. The molecule has 4 rings (SSSR count). The topological polar surface area (TPSA) is 86.5 Å². The van der Waals surface area contributed by atoms with Gasteiger partial charge in [0.25, 0.3) is 5.91 Å². The summed E-state index contributed by atoms with van der Waals surface area (Å²) < 4.78 is 16.6. The molecule has 0 radical (unpaired) electrons. The molecule has 0 saturated carbocycles. The molecule has 7 heteroatoms. The molecule has 0 aliphatic carbocycles. The fraction of sp³-hybridized carbons (Fsp3) is 0.208. The number of hydrogen-bond donors (Lipinski definition) is 1. The van der Waals surface area contributed by atoms with Crippen LogP contribution in [0.1, 0.15) is 28.9 Å². The molecule has 0 aliphatic rings. The van der Waals surface area contributed by atoms with Gasteiger partial charge >= 0.3 is 0 Å². The van der Waals surface area contributed by atoms with Crippen LogP contribution in [0.4, 0.5) is 0 Å². The van der Waals surface area contributed by atoms with E-state index in [0.717, 1.165) is 22.2 Å². The van der Waals surface area contributed by atoms with Crippen molar-refractivity contribution in [2.45, 2.75) is 26.0 Å². The molecule has 4 aromatic rings. The summed E-state index contributed by atoms with van der Waals surface area (Å²) in [6.45, 7) is 2.07. The zero-order valence-corrected chi connectivity index (χ0v) is 17.4. The highest BCUT2D eigenvalue weighted by atomic mass is 16.5. The van der Waals surface area contributed by atoms with Crippen molar-refractivity contribution in [3.63, 3.8) is 0 Å². The largest absolute Gasteiger partial charge is 0.496 e. The second-order valence-electron chi connectivity index (χ2n) is 7.18. The van der Waals surface area contributed by atoms with Crippen molar-refractivity contribution in [3.05, 3.63) is 84.0 Å². The number of fused-ring (bicyclic) bond motifs is 1. The molecule has 0 bridgehead atoms. The Morgan fingerprint density at radius 1 is 1.06 bits per heavy atom. The van der Waals surface area contributed by atoms with Crippen LogP contribution in [-0.4, -0.2) is 29.2 Å². The predicted molar refractivity (Wildman–Crippen MR) is 116 cm³/mol. The van der Waals surface area contributed by atoms with Crippen molar-refractivity contribution < 1.29 is 18.8 Å². The van der Waals surface area contributed by atoms with Gasteiger partial charge in [-0.25, -0.2) is 0 Å². The lowest BCUT2D eigenvalue weighted by Gasteiger charge is -2.12. The van der Waals surface area contributed by atoms with E-state index in [1.165, 1.54) is 0 Å². The number of nitrogens with one attached hydrogen (secondary N) is 1. The number of methoxy groups -OCH3 is 1. The molecule has 1 N–H and O–H groups in total. The Bertz CT molecular complexity index is 1170. The highest BCUT2D eigenvalue weighted by molar-refractivity contribution is 5.93. The van der Waals surface area contributed by atoms with Crippen LogP contribution in [0.5, 0.6) is 11.5 Å². The van der Waals surface area contributed by atoms with E-state index in [-0.39, 0.29) is 24.2 Å². The summed E-state index contributed by atoms with van der Waals surface area (Å²) in [5.41, 5.74) is 1.13. The standard InChI is InChI=1S/C24H23N3O4/c1-16(13-17-7-5-6-12-25-17)26-24(28)21-14-18(31-27-21)15-30-23-11-10-22(29-2)19-8-3-4-9-20(19)23/h3-12,14,16H,13,15H2,1-2H3,(H,26,28)/t16-/m0/s1. The first kappa shape index (κ1) is 20.4. The predicted octanol–water partition coefficient (Wildman–Crippen LogP) is 4.17. The van der Waals surface area contributed by atoms with E-state index in [2.05, 4.69) is 15.5 Å². The van der Waals surface area contributed by atoms with E-state index in [4.69, 9.17) is 14.0 Å². The van der Waals surface area contributed by atoms with Crippen LogP contribution in [0.15, 0.2) is 71.4 Å². The third kappa shape index (κ3) is 4.83. The van der Waals surface area contributed by atoms with Crippen LogP contribution >= 0.6 is 0 Å². The molecule has 2 aromatic carbocycles. The summed E-state index contributed by atoms with van der Waals surface area (Å²) in [6.07, 6.45) is 2.37. The number of hydrogen-bond acceptors (Lipinski definition) is 6. The van der Waals surface area contributed by atoms with Crippen LogP contribution in [0, 0.1) is 0 Å². The van der Waals surface area contributed by atoms with E-state index < -0.39 is 0 Å². The molecule has 31 heavy (non-hydrogen) atoms. The van der Waals surface area contributed by atoms with Crippen molar-refractivity contribution in [3.8, 4) is 11.5 Å². The minimum Gasteiger partial charge on any atom is -0.496 e. The van der Waals surface area contributed by atoms with Crippen LogP contribution < -0.4 is 14.8 Å². The Balaban J connectivity index is 1.38. The van der Waals surface area contributed by atoms with Crippen LogP contribution in [0.2, 0.25) is 0 Å². The normalized spacial score (nSPS) is 11.8. The fourth-order valence-corrected chi connectivity index (χ4v) is 3.37. The Labute approximate surface area is 180 Å². The number of rotatable bonds is 8. The molecule has 158 valence electrons. The van der Waals surface area contributed by atoms with Gasteiger partial charge in [-0.05, 0) is 31.2 Å². The summed E-state index contributed by atoms with van der Waals surface area (Å²) in [5, 5.41) is 8.68. The van der Waals surface area contributed by atoms with E-state index in [1.54, 1.807) is 19.4 Å². The maximum Gasteiger partial charge on any atom is 0.273 e. The number of nitrogens with zero attached hydrogens (tertiary/aromatic N) is 2. The second kappa shape index (κ2) is 9.30. The maximum atomic E-state index is 12.5. The van der Waals surface area contributed by atoms with Crippen molar-refractivity contribution in [2.24, 2.45) is 0 Å². The minimum atomic E-state index is -0.298. The van der Waals surface area contributed by atoms with E-state index in [9.17, 15) is 4.79 Å². The minimum absolute atomic E-state index is 0.0931. The van der Waals surface area contributed by atoms with Gasteiger partial charge in [-0.3, -0.25) is 9.78 Å². The van der Waals surface area contributed by atoms with Gasteiger partial charge in [-0.1, -0.05) is 35.5 Å². The van der Waals surface area contributed by atoms with E-state index >= 15 is 0 Å². The number of carbonyl (C=O) groups excluding carboxylic acids is 1. The van der Waals surface area contributed by atoms with Crippen molar-refractivity contribution >= 4 is 16.7 Å². The first-order valence-electron chi connectivity index (χ1n) is 9.99. The lowest BCUT2D eigenvalue weighted by Crippen LogP contribution is -2.34. The van der Waals surface area contributed by atoms with Gasteiger partial charge in [0, 0.05) is 41.2 Å². The van der Waals surface area contributed by atoms with Crippen molar-refractivity contribution in [1.29, 1.82) is 0 Å². The molecule has 1 atom stereocenters. The van der Waals surface area contributed by atoms with Gasteiger partial charge in [0.1, 0.15) is 18.1 Å². The Kier molecular flexibility index (Phi) is 6.12. The molecule has 7 nitrogen and oxygen atoms in total. The third-order valence-electron chi connectivity index (χ3n) is 4.84.